The van der Waals surface area contributed by atoms with E-state index >= 15 is 0 Å². The van der Waals surface area contributed by atoms with E-state index in [0.29, 0.717) is 13.1 Å². The number of halogens is 2. The lowest BCUT2D eigenvalue weighted by atomic mass is 10.2. The Kier molecular flexibility index (Phi) is 3.89. The van der Waals surface area contributed by atoms with Gasteiger partial charge in [0.05, 0.1) is 4.47 Å². The van der Waals surface area contributed by atoms with Crippen LogP contribution < -0.4 is 14.8 Å². The number of benzene rings is 2. The van der Waals surface area contributed by atoms with Gasteiger partial charge in [-0.1, -0.05) is 12.1 Å². The summed E-state index contributed by atoms with van der Waals surface area (Å²) in [5.74, 6) is 1.29. The van der Waals surface area contributed by atoms with E-state index in [-0.39, 0.29) is 12.6 Å². The molecule has 0 unspecified atom stereocenters. The maximum atomic E-state index is 13.1. The van der Waals surface area contributed by atoms with Crippen LogP contribution in [0.5, 0.6) is 11.5 Å². The van der Waals surface area contributed by atoms with Gasteiger partial charge in [0, 0.05) is 13.1 Å². The molecular weight excluding hydrogens is 325 g/mol. The molecule has 1 aliphatic rings. The van der Waals surface area contributed by atoms with Gasteiger partial charge in [-0.3, -0.25) is 0 Å². The van der Waals surface area contributed by atoms with Crippen LogP contribution in [0, 0.1) is 5.82 Å². The SMILES string of the molecule is Fc1cccc(CNCc2cc(Br)c3c(c2)OCO3)c1. The lowest BCUT2D eigenvalue weighted by molar-refractivity contribution is 0.173. The lowest BCUT2D eigenvalue weighted by Crippen LogP contribution is -2.12. The zero-order valence-electron chi connectivity index (χ0n) is 10.7. The van der Waals surface area contributed by atoms with Crippen LogP contribution in [0.3, 0.4) is 0 Å². The third-order valence-electron chi connectivity index (χ3n) is 3.03. The van der Waals surface area contributed by atoms with Crippen molar-refractivity contribution in [3.8, 4) is 11.5 Å². The Bertz CT molecular complexity index is 633. The molecule has 0 saturated carbocycles. The Balaban J connectivity index is 1.63. The molecule has 1 heterocycles. The van der Waals surface area contributed by atoms with E-state index in [2.05, 4.69) is 21.2 Å². The second-order valence-electron chi connectivity index (χ2n) is 4.54. The third kappa shape index (κ3) is 2.94. The van der Waals surface area contributed by atoms with Gasteiger partial charge in [0.2, 0.25) is 6.79 Å². The number of rotatable bonds is 4. The molecule has 0 aliphatic carbocycles. The molecule has 2 aromatic carbocycles. The summed E-state index contributed by atoms with van der Waals surface area (Å²) >= 11 is 3.46. The molecule has 0 radical (unpaired) electrons. The van der Waals surface area contributed by atoms with Crippen LogP contribution in [0.15, 0.2) is 40.9 Å². The van der Waals surface area contributed by atoms with Crippen molar-refractivity contribution in [2.75, 3.05) is 6.79 Å². The van der Waals surface area contributed by atoms with Crippen molar-refractivity contribution >= 4 is 15.9 Å². The molecule has 1 aliphatic heterocycles. The first-order valence-corrected chi connectivity index (χ1v) is 7.05. The van der Waals surface area contributed by atoms with Crippen molar-refractivity contribution in [3.63, 3.8) is 0 Å². The molecule has 0 aromatic heterocycles. The monoisotopic (exact) mass is 337 g/mol. The first-order chi connectivity index (χ1) is 9.72. The van der Waals surface area contributed by atoms with Gasteiger partial charge in [-0.25, -0.2) is 4.39 Å². The molecule has 0 amide bonds. The molecule has 0 saturated heterocycles. The van der Waals surface area contributed by atoms with Gasteiger partial charge in [0.1, 0.15) is 5.82 Å². The van der Waals surface area contributed by atoms with Crippen molar-refractivity contribution < 1.29 is 13.9 Å². The van der Waals surface area contributed by atoms with E-state index in [1.165, 1.54) is 12.1 Å². The second kappa shape index (κ2) is 5.81. The maximum absolute atomic E-state index is 13.1. The summed E-state index contributed by atoms with van der Waals surface area (Å²) in [6, 6.07) is 10.5. The first-order valence-electron chi connectivity index (χ1n) is 6.25. The predicted molar refractivity (Wildman–Crippen MR) is 77.2 cm³/mol. The molecule has 2 aromatic rings. The fourth-order valence-electron chi connectivity index (χ4n) is 2.12. The van der Waals surface area contributed by atoms with Crippen LogP contribution in [-0.2, 0) is 13.1 Å². The van der Waals surface area contributed by atoms with E-state index in [1.54, 1.807) is 6.07 Å². The third-order valence-corrected chi connectivity index (χ3v) is 3.62. The van der Waals surface area contributed by atoms with Gasteiger partial charge < -0.3 is 14.8 Å². The van der Waals surface area contributed by atoms with Crippen LogP contribution >= 0.6 is 15.9 Å². The zero-order chi connectivity index (χ0) is 13.9. The van der Waals surface area contributed by atoms with Crippen molar-refractivity contribution in [1.29, 1.82) is 0 Å². The van der Waals surface area contributed by atoms with E-state index < -0.39 is 0 Å². The maximum Gasteiger partial charge on any atom is 0.231 e. The Morgan fingerprint density at radius 1 is 1.10 bits per heavy atom. The molecule has 3 nitrogen and oxygen atoms in total. The van der Waals surface area contributed by atoms with Crippen molar-refractivity contribution in [2.24, 2.45) is 0 Å². The molecule has 0 bridgehead atoms. The van der Waals surface area contributed by atoms with Gasteiger partial charge in [0.15, 0.2) is 11.5 Å². The summed E-state index contributed by atoms with van der Waals surface area (Å²) in [7, 11) is 0. The number of ether oxygens (including phenoxy) is 2. The minimum absolute atomic E-state index is 0.213. The molecule has 5 heteroatoms. The van der Waals surface area contributed by atoms with E-state index in [4.69, 9.17) is 9.47 Å². The minimum atomic E-state index is -0.213. The summed E-state index contributed by atoms with van der Waals surface area (Å²) < 4.78 is 24.7. The van der Waals surface area contributed by atoms with Crippen molar-refractivity contribution in [2.45, 2.75) is 13.1 Å². The average Bonchev–Trinajstić information content (AvgIpc) is 2.88. The number of hydrogen-bond acceptors (Lipinski definition) is 3. The summed E-state index contributed by atoms with van der Waals surface area (Å²) in [5.41, 5.74) is 2.00. The quantitative estimate of drug-likeness (QED) is 0.924. The Morgan fingerprint density at radius 2 is 1.95 bits per heavy atom. The van der Waals surface area contributed by atoms with Crippen molar-refractivity contribution in [1.82, 2.24) is 5.32 Å². The second-order valence-corrected chi connectivity index (χ2v) is 5.40. The topological polar surface area (TPSA) is 30.5 Å². The number of nitrogens with one attached hydrogen (secondary N) is 1. The van der Waals surface area contributed by atoms with Gasteiger partial charge >= 0.3 is 0 Å². The van der Waals surface area contributed by atoms with Crippen LogP contribution in [-0.4, -0.2) is 6.79 Å². The van der Waals surface area contributed by atoms with Gasteiger partial charge in [-0.05, 0) is 51.3 Å². The van der Waals surface area contributed by atoms with Gasteiger partial charge in [-0.2, -0.15) is 0 Å². The average molecular weight is 338 g/mol. The predicted octanol–water partition coefficient (Wildman–Crippen LogP) is 3.61. The van der Waals surface area contributed by atoms with Crippen molar-refractivity contribution in [3.05, 3.63) is 57.8 Å². The normalized spacial score (nSPS) is 12.7. The Hall–Kier alpha value is -1.59. The highest BCUT2D eigenvalue weighted by molar-refractivity contribution is 9.10. The van der Waals surface area contributed by atoms with E-state index in [9.17, 15) is 4.39 Å². The molecule has 104 valence electrons. The zero-order valence-corrected chi connectivity index (χ0v) is 12.2. The first kappa shape index (κ1) is 13.4. The molecule has 3 rings (SSSR count). The summed E-state index contributed by atoms with van der Waals surface area (Å²) in [5, 5.41) is 3.28. The molecule has 1 N–H and O–H groups in total. The molecular formula is C15H13BrFNO2. The van der Waals surface area contributed by atoms with E-state index in [1.807, 2.05) is 18.2 Å². The van der Waals surface area contributed by atoms with Crippen LogP contribution in [0.25, 0.3) is 0 Å². The highest BCUT2D eigenvalue weighted by Gasteiger charge is 2.17. The number of hydrogen-bond donors (Lipinski definition) is 1. The fourth-order valence-corrected chi connectivity index (χ4v) is 2.72. The van der Waals surface area contributed by atoms with Crippen LogP contribution in [0.4, 0.5) is 4.39 Å². The smallest absolute Gasteiger partial charge is 0.231 e. The molecule has 0 spiro atoms. The fraction of sp³-hybridized carbons (Fsp3) is 0.200. The van der Waals surface area contributed by atoms with Gasteiger partial charge in [-0.15, -0.1) is 0 Å². The highest BCUT2D eigenvalue weighted by atomic mass is 79.9. The molecule has 0 atom stereocenters. The summed E-state index contributed by atoms with van der Waals surface area (Å²) in [6.07, 6.45) is 0. The number of fused-ring (bicyclic) bond motifs is 1. The van der Waals surface area contributed by atoms with Crippen LogP contribution in [0.2, 0.25) is 0 Å². The van der Waals surface area contributed by atoms with Gasteiger partial charge in [0.25, 0.3) is 0 Å². The lowest BCUT2D eigenvalue weighted by Gasteiger charge is -2.07. The highest BCUT2D eigenvalue weighted by Crippen LogP contribution is 2.39. The molecule has 20 heavy (non-hydrogen) atoms. The Labute approximate surface area is 124 Å². The largest absolute Gasteiger partial charge is 0.454 e. The standard InChI is InChI=1S/C15H13BrFNO2/c16-13-5-11(6-14-15(13)20-9-19-14)8-18-7-10-2-1-3-12(17)4-10/h1-6,18H,7-9H2. The molecule has 0 fully saturated rings. The Morgan fingerprint density at radius 3 is 2.80 bits per heavy atom. The minimum Gasteiger partial charge on any atom is -0.454 e. The summed E-state index contributed by atoms with van der Waals surface area (Å²) in [4.78, 5) is 0. The summed E-state index contributed by atoms with van der Waals surface area (Å²) in [6.45, 7) is 1.55. The van der Waals surface area contributed by atoms with E-state index in [0.717, 1.165) is 27.1 Å². The van der Waals surface area contributed by atoms with Crippen LogP contribution in [0.1, 0.15) is 11.1 Å².